The molecule has 1 N–H and O–H groups in total. The van der Waals surface area contributed by atoms with E-state index < -0.39 is 0 Å². The first-order valence-corrected chi connectivity index (χ1v) is 6.45. The van der Waals surface area contributed by atoms with E-state index in [9.17, 15) is 4.79 Å². The third kappa shape index (κ3) is 3.39. The fourth-order valence-corrected chi connectivity index (χ4v) is 2.18. The van der Waals surface area contributed by atoms with Crippen molar-refractivity contribution in [3.05, 3.63) is 24.3 Å². The average molecular weight is 248 g/mol. The molecule has 1 saturated heterocycles. The molecule has 1 heterocycles. The molecule has 0 atom stereocenters. The minimum Gasteiger partial charge on any atom is -0.469 e. The second-order valence-corrected chi connectivity index (χ2v) is 4.49. The average Bonchev–Trinajstić information content (AvgIpc) is 2.93. The number of anilines is 2. The normalized spacial score (nSPS) is 14.6. The smallest absolute Gasteiger partial charge is 0.307 e. The molecule has 4 heteroatoms. The summed E-state index contributed by atoms with van der Waals surface area (Å²) in [6, 6.07) is 8.38. The van der Waals surface area contributed by atoms with Gasteiger partial charge in [-0.25, -0.2) is 0 Å². The van der Waals surface area contributed by atoms with Crippen LogP contribution in [0.25, 0.3) is 0 Å². The van der Waals surface area contributed by atoms with Crippen LogP contribution in [-0.4, -0.2) is 32.7 Å². The first kappa shape index (κ1) is 12.7. The van der Waals surface area contributed by atoms with Crippen molar-refractivity contribution in [1.82, 2.24) is 0 Å². The van der Waals surface area contributed by atoms with Gasteiger partial charge in [0.15, 0.2) is 0 Å². The Kier molecular flexibility index (Phi) is 4.45. The van der Waals surface area contributed by atoms with Crippen molar-refractivity contribution in [3.8, 4) is 0 Å². The number of hydrogen-bond acceptors (Lipinski definition) is 4. The molecule has 1 aromatic rings. The highest BCUT2D eigenvalue weighted by atomic mass is 16.5. The molecule has 0 amide bonds. The summed E-state index contributed by atoms with van der Waals surface area (Å²) in [5.41, 5.74) is 2.33. The van der Waals surface area contributed by atoms with Gasteiger partial charge in [0.2, 0.25) is 0 Å². The van der Waals surface area contributed by atoms with Gasteiger partial charge in [-0.15, -0.1) is 0 Å². The highest BCUT2D eigenvalue weighted by Gasteiger charge is 2.11. The zero-order valence-electron chi connectivity index (χ0n) is 10.8. The highest BCUT2D eigenvalue weighted by molar-refractivity contribution is 5.70. The molecule has 1 aliphatic rings. The number of esters is 1. The summed E-state index contributed by atoms with van der Waals surface area (Å²) < 4.78 is 4.59. The summed E-state index contributed by atoms with van der Waals surface area (Å²) in [6.45, 7) is 2.93. The van der Waals surface area contributed by atoms with Gasteiger partial charge in [0.05, 0.1) is 13.5 Å². The Labute approximate surface area is 108 Å². The quantitative estimate of drug-likeness (QED) is 0.812. The summed E-state index contributed by atoms with van der Waals surface area (Å²) >= 11 is 0. The summed E-state index contributed by atoms with van der Waals surface area (Å²) in [6.07, 6.45) is 2.97. The lowest BCUT2D eigenvalue weighted by atomic mass is 10.2. The molecule has 0 radical (unpaired) electrons. The zero-order chi connectivity index (χ0) is 12.8. The molecule has 0 saturated carbocycles. The van der Waals surface area contributed by atoms with E-state index in [1.165, 1.54) is 25.6 Å². The fourth-order valence-electron chi connectivity index (χ4n) is 2.18. The molecule has 1 aromatic carbocycles. The van der Waals surface area contributed by atoms with Crippen LogP contribution in [0.5, 0.6) is 0 Å². The molecule has 1 fully saturated rings. The molecule has 0 bridgehead atoms. The minimum atomic E-state index is -0.184. The molecule has 2 rings (SSSR count). The van der Waals surface area contributed by atoms with E-state index in [2.05, 4.69) is 39.2 Å². The van der Waals surface area contributed by atoms with Crippen LogP contribution in [0.2, 0.25) is 0 Å². The zero-order valence-corrected chi connectivity index (χ0v) is 10.8. The fraction of sp³-hybridized carbons (Fsp3) is 0.500. The predicted octanol–water partition coefficient (Wildman–Crippen LogP) is 2.26. The molecule has 1 aliphatic heterocycles. The maximum atomic E-state index is 11.0. The van der Waals surface area contributed by atoms with E-state index in [-0.39, 0.29) is 5.97 Å². The van der Waals surface area contributed by atoms with Gasteiger partial charge in [-0.3, -0.25) is 4.79 Å². The van der Waals surface area contributed by atoms with Gasteiger partial charge in [0.1, 0.15) is 0 Å². The first-order chi connectivity index (χ1) is 8.79. The van der Waals surface area contributed by atoms with Crippen molar-refractivity contribution in [1.29, 1.82) is 0 Å². The van der Waals surface area contributed by atoms with Crippen molar-refractivity contribution in [2.24, 2.45) is 0 Å². The van der Waals surface area contributed by atoms with Gasteiger partial charge < -0.3 is 15.0 Å². The number of hydrogen-bond donors (Lipinski definition) is 1. The largest absolute Gasteiger partial charge is 0.469 e. The van der Waals surface area contributed by atoms with Gasteiger partial charge in [-0.05, 0) is 37.1 Å². The molecule has 0 spiro atoms. The van der Waals surface area contributed by atoms with E-state index in [4.69, 9.17) is 0 Å². The number of rotatable bonds is 5. The number of carbonyl (C=O) groups is 1. The number of nitrogens with zero attached hydrogens (tertiary/aromatic N) is 1. The molecule has 4 nitrogen and oxygen atoms in total. The van der Waals surface area contributed by atoms with Crippen molar-refractivity contribution < 1.29 is 9.53 Å². The Bertz CT molecular complexity index is 383. The minimum absolute atomic E-state index is 0.184. The Morgan fingerprint density at radius 3 is 2.56 bits per heavy atom. The lowest BCUT2D eigenvalue weighted by Crippen LogP contribution is -2.17. The van der Waals surface area contributed by atoms with Crippen molar-refractivity contribution in [2.45, 2.75) is 19.3 Å². The number of nitrogens with one attached hydrogen (secondary N) is 1. The second-order valence-electron chi connectivity index (χ2n) is 4.49. The maximum absolute atomic E-state index is 11.0. The summed E-state index contributed by atoms with van der Waals surface area (Å²) in [5, 5.41) is 3.21. The SMILES string of the molecule is COC(=O)CCNc1ccc(N2CCCC2)cc1. The third-order valence-corrected chi connectivity index (χ3v) is 3.22. The first-order valence-electron chi connectivity index (χ1n) is 6.45. The van der Waals surface area contributed by atoms with Gasteiger partial charge in [0, 0.05) is 31.0 Å². The third-order valence-electron chi connectivity index (χ3n) is 3.22. The number of benzene rings is 1. The van der Waals surface area contributed by atoms with Crippen molar-refractivity contribution in [3.63, 3.8) is 0 Å². The summed E-state index contributed by atoms with van der Waals surface area (Å²) in [5.74, 6) is -0.184. The van der Waals surface area contributed by atoms with E-state index in [1.54, 1.807) is 0 Å². The van der Waals surface area contributed by atoms with Crippen LogP contribution >= 0.6 is 0 Å². The van der Waals surface area contributed by atoms with Crippen LogP contribution in [0.1, 0.15) is 19.3 Å². The Morgan fingerprint density at radius 1 is 1.28 bits per heavy atom. The Morgan fingerprint density at radius 2 is 1.94 bits per heavy atom. The van der Waals surface area contributed by atoms with Crippen molar-refractivity contribution >= 4 is 17.3 Å². The topological polar surface area (TPSA) is 41.6 Å². The molecular weight excluding hydrogens is 228 g/mol. The van der Waals surface area contributed by atoms with Gasteiger partial charge in [-0.2, -0.15) is 0 Å². The standard InChI is InChI=1S/C14H20N2O2/c1-18-14(17)8-9-15-12-4-6-13(7-5-12)16-10-2-3-11-16/h4-7,15H,2-3,8-11H2,1H3. The van der Waals surface area contributed by atoms with Crippen LogP contribution in [0.15, 0.2) is 24.3 Å². The highest BCUT2D eigenvalue weighted by Crippen LogP contribution is 2.21. The van der Waals surface area contributed by atoms with Crippen LogP contribution in [-0.2, 0) is 9.53 Å². The van der Waals surface area contributed by atoms with Crippen LogP contribution in [0.4, 0.5) is 11.4 Å². The van der Waals surface area contributed by atoms with Crippen LogP contribution in [0, 0.1) is 0 Å². The lowest BCUT2D eigenvalue weighted by molar-refractivity contribution is -0.140. The van der Waals surface area contributed by atoms with Crippen molar-refractivity contribution in [2.75, 3.05) is 37.0 Å². The van der Waals surface area contributed by atoms with E-state index >= 15 is 0 Å². The molecule has 98 valence electrons. The number of carbonyl (C=O) groups excluding carboxylic acids is 1. The molecule has 18 heavy (non-hydrogen) atoms. The van der Waals surface area contributed by atoms with E-state index in [1.807, 2.05) is 0 Å². The number of methoxy groups -OCH3 is 1. The van der Waals surface area contributed by atoms with Crippen LogP contribution in [0.3, 0.4) is 0 Å². The monoisotopic (exact) mass is 248 g/mol. The molecule has 0 aliphatic carbocycles. The molecule has 0 unspecified atom stereocenters. The van der Waals surface area contributed by atoms with Gasteiger partial charge in [0.25, 0.3) is 0 Å². The Hall–Kier alpha value is -1.71. The number of ether oxygens (including phenoxy) is 1. The predicted molar refractivity (Wildman–Crippen MR) is 73.0 cm³/mol. The van der Waals surface area contributed by atoms with E-state index in [0.717, 1.165) is 18.8 Å². The lowest BCUT2D eigenvalue weighted by Gasteiger charge is -2.17. The maximum Gasteiger partial charge on any atom is 0.307 e. The van der Waals surface area contributed by atoms with Gasteiger partial charge in [-0.1, -0.05) is 0 Å². The molecule has 0 aromatic heterocycles. The van der Waals surface area contributed by atoms with Gasteiger partial charge >= 0.3 is 5.97 Å². The van der Waals surface area contributed by atoms with Crippen LogP contribution < -0.4 is 10.2 Å². The van der Waals surface area contributed by atoms with E-state index in [0.29, 0.717) is 13.0 Å². The second kappa shape index (κ2) is 6.28. The molecular formula is C14H20N2O2. The summed E-state index contributed by atoms with van der Waals surface area (Å²) in [7, 11) is 1.41. The Balaban J connectivity index is 1.81. The summed E-state index contributed by atoms with van der Waals surface area (Å²) in [4.78, 5) is 13.4.